The number of benzene rings is 5. The normalized spacial score (nSPS) is 16.5. The third kappa shape index (κ3) is 11.4. The lowest BCUT2D eigenvalue weighted by atomic mass is 10.1. The van der Waals surface area contributed by atoms with Crippen molar-refractivity contribution >= 4 is 91.9 Å². The van der Waals surface area contributed by atoms with Gasteiger partial charge in [-0.3, -0.25) is 39.0 Å². The highest BCUT2D eigenvalue weighted by Gasteiger charge is 2.38. The minimum absolute atomic E-state index is 0.0144. The second-order valence-corrected chi connectivity index (χ2v) is 22.2. The van der Waals surface area contributed by atoms with Gasteiger partial charge in [0, 0.05) is 77.8 Å². The van der Waals surface area contributed by atoms with Gasteiger partial charge in [-0.2, -0.15) is 0 Å². The number of rotatable bonds is 20. The molecular formula is C56H58N6O9S2. The molecule has 73 heavy (non-hydrogen) atoms. The highest BCUT2D eigenvalue weighted by Crippen LogP contribution is 2.44. The fourth-order valence-electron chi connectivity index (χ4n) is 9.37. The number of anilines is 3. The molecule has 378 valence electrons. The molecule has 17 heteroatoms. The number of fused-ring (bicyclic) bond motifs is 8. The predicted octanol–water partition coefficient (Wildman–Crippen LogP) is 10.2. The van der Waals surface area contributed by atoms with E-state index >= 15 is 0 Å². The predicted molar refractivity (Wildman–Crippen MR) is 288 cm³/mol. The standard InChI is InChI=1S/C56H58N6O9S2/c1-33(63)12-11-19-72-73-56(3,4)18-17-52(64)59-34(2)53(65)60-39-21-35(31-70-50-27-44-42(25-48(50)68-5)54(66)61-40(29-57-44)23-37-13-7-9-15-46(37)61)20-36(22-39)32-71-51-28-45-43(26-49(51)69-6)55(67)62-41(30-58-45)24-38-14-8-10-16-47(38)62/h7-10,13-16,20-22,25-30,34,40-41H,11-12,17-19,23-24,31-32H2,1-6H3,(H,59,64)(H,60,65)/t34-,40-,41-/m0/s1. The molecule has 5 aromatic carbocycles. The fourth-order valence-corrected chi connectivity index (χ4v) is 12.0. The van der Waals surface area contributed by atoms with E-state index in [0.29, 0.717) is 88.0 Å². The summed E-state index contributed by atoms with van der Waals surface area (Å²) in [7, 11) is 6.42. The Labute approximate surface area is 432 Å². The van der Waals surface area contributed by atoms with Crippen LogP contribution in [0.25, 0.3) is 0 Å². The maximum Gasteiger partial charge on any atom is 0.261 e. The number of nitrogens with one attached hydrogen (secondary N) is 2. The number of carbonyl (C=O) groups is 5. The molecule has 0 saturated heterocycles. The van der Waals surface area contributed by atoms with Crippen LogP contribution in [0.4, 0.5) is 28.4 Å². The van der Waals surface area contributed by atoms with Crippen molar-refractivity contribution in [3.63, 3.8) is 0 Å². The smallest absolute Gasteiger partial charge is 0.261 e. The Morgan fingerprint density at radius 3 is 1.75 bits per heavy atom. The Bertz CT molecular complexity index is 2890. The summed E-state index contributed by atoms with van der Waals surface area (Å²) < 4.78 is 24.2. The molecule has 0 bridgehead atoms. The van der Waals surface area contributed by atoms with E-state index in [-0.39, 0.29) is 60.0 Å². The summed E-state index contributed by atoms with van der Waals surface area (Å²) in [6, 6.07) is 26.6. The summed E-state index contributed by atoms with van der Waals surface area (Å²) >= 11 is 0. The Morgan fingerprint density at radius 2 is 1.25 bits per heavy atom. The summed E-state index contributed by atoms with van der Waals surface area (Å²) in [6.07, 6.45) is 7.13. The first-order valence-corrected chi connectivity index (χ1v) is 26.6. The van der Waals surface area contributed by atoms with Crippen molar-refractivity contribution in [3.05, 3.63) is 124 Å². The Balaban J connectivity index is 0.928. The number of ketones is 1. The zero-order chi connectivity index (χ0) is 51.4. The van der Waals surface area contributed by atoms with Gasteiger partial charge in [-0.25, -0.2) is 0 Å². The summed E-state index contributed by atoms with van der Waals surface area (Å²) in [5.41, 5.74) is 7.31. The number of Topliss-reactive ketones (excluding diaryl/α,β-unsaturated/α-hetero) is 1. The molecule has 0 radical (unpaired) electrons. The molecule has 0 aromatic heterocycles. The maximum atomic E-state index is 14.1. The number of ether oxygens (including phenoxy) is 4. The molecule has 15 nitrogen and oxygen atoms in total. The van der Waals surface area contributed by atoms with Crippen LogP contribution in [0.3, 0.4) is 0 Å². The SMILES string of the molecule is COc1cc2c(cc1OCc1cc(COc3cc4c(cc3OC)C(=O)N3c5ccccc5C[C@H]3C=N4)cc(NC(=O)[C@H](C)NC(=O)CCC(C)(C)SSCCCC(C)=O)c1)N=C[C@@H]1Cc3ccccc3N1C2=O. The summed E-state index contributed by atoms with van der Waals surface area (Å²) in [6.45, 7) is 7.42. The third-order valence-corrected chi connectivity index (χ3v) is 16.6. The summed E-state index contributed by atoms with van der Waals surface area (Å²) in [5.74, 6) is 1.40. The lowest BCUT2D eigenvalue weighted by molar-refractivity contribution is -0.126. The number of methoxy groups -OCH3 is 2. The van der Waals surface area contributed by atoms with Gasteiger partial charge in [0.25, 0.3) is 11.8 Å². The maximum absolute atomic E-state index is 14.1. The van der Waals surface area contributed by atoms with Crippen LogP contribution in [0, 0.1) is 0 Å². The molecule has 3 atom stereocenters. The van der Waals surface area contributed by atoms with Crippen LogP contribution in [-0.2, 0) is 40.4 Å². The lowest BCUT2D eigenvalue weighted by Gasteiger charge is -2.23. The minimum atomic E-state index is -0.864. The third-order valence-electron chi connectivity index (χ3n) is 13.1. The first kappa shape index (κ1) is 50.8. The Kier molecular flexibility index (Phi) is 15.3. The number of nitrogens with zero attached hydrogens (tertiary/aromatic N) is 4. The number of carbonyl (C=O) groups excluding carboxylic acids is 5. The molecule has 4 amide bonds. The molecule has 2 N–H and O–H groups in total. The van der Waals surface area contributed by atoms with Crippen molar-refractivity contribution in [1.29, 1.82) is 0 Å². The Morgan fingerprint density at radius 1 is 0.726 bits per heavy atom. The van der Waals surface area contributed by atoms with Crippen LogP contribution >= 0.6 is 21.6 Å². The quantitative estimate of drug-likeness (QED) is 0.0560. The summed E-state index contributed by atoms with van der Waals surface area (Å²) in [5, 5.41) is 5.83. The molecule has 0 aliphatic carbocycles. The number of hydrogen-bond acceptors (Lipinski definition) is 13. The summed E-state index contributed by atoms with van der Waals surface area (Å²) in [4.78, 5) is 79.4. The van der Waals surface area contributed by atoms with Gasteiger partial charge in [-0.1, -0.05) is 58.0 Å². The molecule has 4 aliphatic heterocycles. The van der Waals surface area contributed by atoms with Crippen molar-refractivity contribution in [2.24, 2.45) is 9.98 Å². The van der Waals surface area contributed by atoms with E-state index in [1.807, 2.05) is 54.6 Å². The van der Waals surface area contributed by atoms with Gasteiger partial charge in [0.15, 0.2) is 23.0 Å². The highest BCUT2D eigenvalue weighted by atomic mass is 33.1. The Hall–Kier alpha value is -7.11. The zero-order valence-corrected chi connectivity index (χ0v) is 43.3. The molecule has 4 aliphatic rings. The molecule has 4 heterocycles. The molecule has 9 rings (SSSR count). The van der Waals surface area contributed by atoms with Crippen molar-refractivity contribution < 1.29 is 42.9 Å². The molecule has 5 aromatic rings. The lowest BCUT2D eigenvalue weighted by Crippen LogP contribution is -2.42. The van der Waals surface area contributed by atoms with Crippen molar-refractivity contribution in [3.8, 4) is 23.0 Å². The molecule has 0 fully saturated rings. The van der Waals surface area contributed by atoms with Gasteiger partial charge in [0.2, 0.25) is 11.8 Å². The molecule has 0 saturated carbocycles. The van der Waals surface area contributed by atoms with E-state index in [4.69, 9.17) is 28.9 Å². The second kappa shape index (κ2) is 21.9. The average Bonchev–Trinajstić information content (AvgIpc) is 3.87. The number of aliphatic imine (C=N–C) groups is 2. The fraction of sp³-hybridized carbons (Fsp3) is 0.339. The van der Waals surface area contributed by atoms with Gasteiger partial charge < -0.3 is 34.4 Å². The average molecular weight is 1020 g/mol. The van der Waals surface area contributed by atoms with Gasteiger partial charge in [-0.15, -0.1) is 0 Å². The van der Waals surface area contributed by atoms with Crippen LogP contribution in [0.2, 0.25) is 0 Å². The molecule has 0 spiro atoms. The largest absolute Gasteiger partial charge is 0.493 e. The number of hydrogen-bond donors (Lipinski definition) is 2. The minimum Gasteiger partial charge on any atom is -0.493 e. The first-order valence-electron chi connectivity index (χ1n) is 24.3. The van der Waals surface area contributed by atoms with Gasteiger partial charge >= 0.3 is 0 Å². The van der Waals surface area contributed by atoms with Crippen molar-refractivity contribution in [2.45, 2.75) is 102 Å². The number of para-hydroxylation sites is 2. The van der Waals surface area contributed by atoms with Crippen LogP contribution in [0.1, 0.15) is 96.3 Å². The van der Waals surface area contributed by atoms with Crippen molar-refractivity contribution in [2.75, 3.05) is 35.1 Å². The van der Waals surface area contributed by atoms with E-state index in [9.17, 15) is 24.0 Å². The van der Waals surface area contributed by atoms with Crippen LogP contribution in [0.5, 0.6) is 23.0 Å². The zero-order valence-electron chi connectivity index (χ0n) is 41.7. The van der Waals surface area contributed by atoms with Crippen LogP contribution in [-0.4, -0.2) is 84.7 Å². The second-order valence-electron chi connectivity index (χ2n) is 19.1. The van der Waals surface area contributed by atoms with E-state index in [2.05, 4.69) is 24.5 Å². The van der Waals surface area contributed by atoms with E-state index in [0.717, 1.165) is 34.7 Å². The van der Waals surface area contributed by atoms with Gasteiger partial charge in [0.05, 0.1) is 48.8 Å². The highest BCUT2D eigenvalue weighted by molar-refractivity contribution is 8.77. The van der Waals surface area contributed by atoms with Crippen molar-refractivity contribution in [1.82, 2.24) is 5.32 Å². The molecule has 0 unspecified atom stereocenters. The monoisotopic (exact) mass is 1020 g/mol. The topological polar surface area (TPSA) is 178 Å². The van der Waals surface area contributed by atoms with Gasteiger partial charge in [0.1, 0.15) is 25.0 Å². The van der Waals surface area contributed by atoms with E-state index in [1.54, 1.807) is 94.1 Å². The van der Waals surface area contributed by atoms with E-state index in [1.165, 1.54) is 14.2 Å². The first-order chi connectivity index (χ1) is 35.2. The van der Waals surface area contributed by atoms with Crippen LogP contribution < -0.4 is 39.4 Å². The number of amides is 4. The van der Waals surface area contributed by atoms with E-state index < -0.39 is 11.9 Å². The van der Waals surface area contributed by atoms with Crippen LogP contribution in [0.15, 0.2) is 101 Å². The molecular weight excluding hydrogens is 965 g/mol. The van der Waals surface area contributed by atoms with Gasteiger partial charge in [-0.05, 0) is 105 Å².